The largest absolute Gasteiger partial charge is 0.356 e. The Labute approximate surface area is 128 Å². The molecule has 0 radical (unpaired) electrons. The van der Waals surface area contributed by atoms with Gasteiger partial charge >= 0.3 is 0 Å². The van der Waals surface area contributed by atoms with Crippen LogP contribution in [-0.2, 0) is 4.79 Å². The molecule has 5 aliphatic rings. The predicted octanol–water partition coefficient (Wildman–Crippen LogP) is 2.42. The van der Waals surface area contributed by atoms with E-state index in [-0.39, 0.29) is 0 Å². The topological polar surface area (TPSA) is 41.1 Å². The third-order valence-electron chi connectivity index (χ3n) is 7.03. The van der Waals surface area contributed by atoms with E-state index in [1.54, 1.807) is 0 Å². The molecule has 0 aromatic heterocycles. The molecule has 1 amide bonds. The molecule has 2 atom stereocenters. The molecule has 21 heavy (non-hydrogen) atoms. The SMILES string of the molecule is CC1CNCCC1CNC(=O)C1C2CC3CC(C2)CC1C3. The second kappa shape index (κ2) is 5.57. The molecule has 4 aliphatic carbocycles. The summed E-state index contributed by atoms with van der Waals surface area (Å²) in [6.07, 6.45) is 8.05. The van der Waals surface area contributed by atoms with E-state index >= 15 is 0 Å². The quantitative estimate of drug-likeness (QED) is 0.838. The lowest BCUT2D eigenvalue weighted by molar-refractivity contribution is -0.138. The van der Waals surface area contributed by atoms with Crippen LogP contribution >= 0.6 is 0 Å². The van der Waals surface area contributed by atoms with Crippen molar-refractivity contribution >= 4 is 5.91 Å². The summed E-state index contributed by atoms with van der Waals surface area (Å²) in [7, 11) is 0. The minimum absolute atomic E-state index is 0.356. The zero-order valence-corrected chi connectivity index (χ0v) is 13.3. The monoisotopic (exact) mass is 290 g/mol. The summed E-state index contributed by atoms with van der Waals surface area (Å²) in [4.78, 5) is 12.8. The zero-order chi connectivity index (χ0) is 14.4. The molecule has 3 heteroatoms. The Morgan fingerprint density at radius 3 is 2.38 bits per heavy atom. The molecule has 4 bridgehead atoms. The highest BCUT2D eigenvalue weighted by atomic mass is 16.1. The number of nitrogens with one attached hydrogen (secondary N) is 2. The van der Waals surface area contributed by atoms with Crippen molar-refractivity contribution in [3.05, 3.63) is 0 Å². The summed E-state index contributed by atoms with van der Waals surface area (Å²) in [6, 6.07) is 0. The van der Waals surface area contributed by atoms with Gasteiger partial charge in [-0.15, -0.1) is 0 Å². The van der Waals surface area contributed by atoms with Gasteiger partial charge in [0.15, 0.2) is 0 Å². The van der Waals surface area contributed by atoms with Gasteiger partial charge in [0, 0.05) is 12.5 Å². The van der Waals surface area contributed by atoms with Crippen LogP contribution in [0.1, 0.15) is 45.4 Å². The molecule has 3 nitrogen and oxygen atoms in total. The first-order valence-corrected chi connectivity index (χ1v) is 9.19. The second-order valence-electron chi connectivity index (χ2n) is 8.43. The van der Waals surface area contributed by atoms with Crippen molar-refractivity contribution in [3.8, 4) is 0 Å². The Balaban J connectivity index is 1.35. The fraction of sp³-hybridized carbons (Fsp3) is 0.944. The first-order chi connectivity index (χ1) is 10.2. The van der Waals surface area contributed by atoms with Crippen molar-refractivity contribution in [2.45, 2.75) is 45.4 Å². The van der Waals surface area contributed by atoms with Gasteiger partial charge in [-0.1, -0.05) is 6.92 Å². The maximum absolute atomic E-state index is 12.8. The summed E-state index contributed by atoms with van der Waals surface area (Å²) < 4.78 is 0. The number of carbonyl (C=O) groups is 1. The molecule has 118 valence electrons. The lowest BCUT2D eigenvalue weighted by Crippen LogP contribution is -2.52. The Morgan fingerprint density at radius 1 is 1.10 bits per heavy atom. The fourth-order valence-electron chi connectivity index (χ4n) is 6.07. The Bertz CT molecular complexity index is 380. The normalized spacial score (nSPS) is 48.3. The summed E-state index contributed by atoms with van der Waals surface area (Å²) in [5.41, 5.74) is 0. The van der Waals surface area contributed by atoms with Crippen LogP contribution in [0.3, 0.4) is 0 Å². The minimum Gasteiger partial charge on any atom is -0.356 e. The third kappa shape index (κ3) is 2.62. The van der Waals surface area contributed by atoms with E-state index in [9.17, 15) is 4.79 Å². The van der Waals surface area contributed by atoms with E-state index in [4.69, 9.17) is 0 Å². The van der Waals surface area contributed by atoms with Gasteiger partial charge in [-0.25, -0.2) is 0 Å². The van der Waals surface area contributed by atoms with Crippen molar-refractivity contribution in [1.82, 2.24) is 10.6 Å². The van der Waals surface area contributed by atoms with E-state index in [1.807, 2.05) is 0 Å². The number of carbonyl (C=O) groups excluding carboxylic acids is 1. The standard InChI is InChI=1S/C18H30N2O/c1-11-9-19-3-2-14(11)10-20-18(21)17-15-5-12-4-13(7-15)8-16(17)6-12/h11-17,19H,2-10H2,1H3,(H,20,21). The van der Waals surface area contributed by atoms with Crippen LogP contribution in [-0.4, -0.2) is 25.5 Å². The van der Waals surface area contributed by atoms with Crippen LogP contribution in [0.4, 0.5) is 0 Å². The van der Waals surface area contributed by atoms with Crippen molar-refractivity contribution in [2.75, 3.05) is 19.6 Å². The molecule has 1 saturated heterocycles. The van der Waals surface area contributed by atoms with Gasteiger partial charge in [0.2, 0.25) is 5.91 Å². The maximum Gasteiger partial charge on any atom is 0.223 e. The van der Waals surface area contributed by atoms with E-state index in [2.05, 4.69) is 17.6 Å². The van der Waals surface area contributed by atoms with E-state index in [1.165, 1.54) is 38.5 Å². The van der Waals surface area contributed by atoms with E-state index in [0.717, 1.165) is 31.5 Å². The number of hydrogen-bond donors (Lipinski definition) is 2. The van der Waals surface area contributed by atoms with Crippen molar-refractivity contribution < 1.29 is 4.79 Å². The molecule has 2 N–H and O–H groups in total. The highest BCUT2D eigenvalue weighted by Crippen LogP contribution is 2.56. The molecule has 4 saturated carbocycles. The van der Waals surface area contributed by atoms with Gasteiger partial charge in [-0.05, 0) is 87.1 Å². The van der Waals surface area contributed by atoms with Crippen molar-refractivity contribution in [2.24, 2.45) is 41.4 Å². The van der Waals surface area contributed by atoms with Crippen LogP contribution in [0.15, 0.2) is 0 Å². The smallest absolute Gasteiger partial charge is 0.223 e. The zero-order valence-electron chi connectivity index (χ0n) is 13.3. The van der Waals surface area contributed by atoms with Gasteiger partial charge in [0.1, 0.15) is 0 Å². The predicted molar refractivity (Wildman–Crippen MR) is 83.7 cm³/mol. The fourth-order valence-corrected chi connectivity index (χ4v) is 6.07. The van der Waals surface area contributed by atoms with Gasteiger partial charge in [-0.3, -0.25) is 4.79 Å². The van der Waals surface area contributed by atoms with Gasteiger partial charge < -0.3 is 10.6 Å². The first-order valence-electron chi connectivity index (χ1n) is 9.19. The molecule has 1 heterocycles. The number of hydrogen-bond acceptors (Lipinski definition) is 2. The van der Waals surface area contributed by atoms with Crippen LogP contribution in [0.25, 0.3) is 0 Å². The van der Waals surface area contributed by atoms with Crippen LogP contribution in [0, 0.1) is 41.4 Å². The highest BCUT2D eigenvalue weighted by Gasteiger charge is 2.50. The van der Waals surface area contributed by atoms with Gasteiger partial charge in [0.05, 0.1) is 0 Å². The summed E-state index contributed by atoms with van der Waals surface area (Å²) in [5.74, 6) is 5.47. The molecule has 0 aromatic rings. The molecule has 5 rings (SSSR count). The van der Waals surface area contributed by atoms with E-state index < -0.39 is 0 Å². The maximum atomic E-state index is 12.8. The molecule has 0 aromatic carbocycles. The van der Waals surface area contributed by atoms with Crippen LogP contribution in [0.5, 0.6) is 0 Å². The first kappa shape index (κ1) is 14.0. The Morgan fingerprint density at radius 2 is 1.76 bits per heavy atom. The summed E-state index contributed by atoms with van der Waals surface area (Å²) in [5, 5.41) is 6.79. The third-order valence-corrected chi connectivity index (χ3v) is 7.03. The Kier molecular flexibility index (Phi) is 3.72. The number of amides is 1. The van der Waals surface area contributed by atoms with E-state index in [0.29, 0.717) is 35.5 Å². The lowest BCUT2D eigenvalue weighted by atomic mass is 9.51. The summed E-state index contributed by atoms with van der Waals surface area (Å²) in [6.45, 7) is 5.44. The van der Waals surface area contributed by atoms with Crippen molar-refractivity contribution in [1.29, 1.82) is 0 Å². The molecular formula is C18H30N2O. The molecule has 2 unspecified atom stereocenters. The van der Waals surface area contributed by atoms with Crippen LogP contribution in [0.2, 0.25) is 0 Å². The average molecular weight is 290 g/mol. The lowest BCUT2D eigenvalue weighted by Gasteiger charge is -2.53. The summed E-state index contributed by atoms with van der Waals surface area (Å²) >= 11 is 0. The Hall–Kier alpha value is -0.570. The van der Waals surface area contributed by atoms with Gasteiger partial charge in [0.25, 0.3) is 0 Å². The minimum atomic E-state index is 0.356. The highest BCUT2D eigenvalue weighted by molar-refractivity contribution is 5.79. The second-order valence-corrected chi connectivity index (χ2v) is 8.43. The molecule has 0 spiro atoms. The van der Waals surface area contributed by atoms with Crippen LogP contribution < -0.4 is 10.6 Å². The molecule has 1 aliphatic heterocycles. The number of rotatable bonds is 3. The average Bonchev–Trinajstić information content (AvgIpc) is 2.45. The number of piperidine rings is 1. The van der Waals surface area contributed by atoms with Crippen molar-refractivity contribution in [3.63, 3.8) is 0 Å². The van der Waals surface area contributed by atoms with Gasteiger partial charge in [-0.2, -0.15) is 0 Å². The molecular weight excluding hydrogens is 260 g/mol. The molecule has 5 fully saturated rings.